The lowest BCUT2D eigenvalue weighted by Gasteiger charge is -2.10. The Balaban J connectivity index is 2.16. The number of pyridine rings is 1. The van der Waals surface area contributed by atoms with Crippen LogP contribution < -0.4 is 0 Å². The summed E-state index contributed by atoms with van der Waals surface area (Å²) in [6.07, 6.45) is 0. The molecule has 102 valence electrons. The standard InChI is InChI=1S/C20H12N2/c21-13-14-10-11-19-18(12-14)16-8-4-5-9-17(16)20(22-19)15-6-2-1-3-7-15/h1-12H. The number of rotatable bonds is 1. The molecular formula is C20H12N2. The average Bonchev–Trinajstić information content (AvgIpc) is 2.61. The van der Waals surface area contributed by atoms with Crippen molar-refractivity contribution >= 4 is 21.7 Å². The zero-order valence-corrected chi connectivity index (χ0v) is 11.8. The molecule has 1 aromatic heterocycles. The summed E-state index contributed by atoms with van der Waals surface area (Å²) in [6, 6.07) is 26.3. The van der Waals surface area contributed by atoms with Gasteiger partial charge in [0.25, 0.3) is 0 Å². The monoisotopic (exact) mass is 280 g/mol. The van der Waals surface area contributed by atoms with Gasteiger partial charge in [0.2, 0.25) is 0 Å². The quantitative estimate of drug-likeness (QED) is 0.464. The second kappa shape index (κ2) is 4.98. The summed E-state index contributed by atoms with van der Waals surface area (Å²) in [7, 11) is 0. The van der Waals surface area contributed by atoms with Gasteiger partial charge in [0.1, 0.15) is 0 Å². The Morgan fingerprint density at radius 1 is 0.727 bits per heavy atom. The van der Waals surface area contributed by atoms with Crippen molar-refractivity contribution in [2.75, 3.05) is 0 Å². The lowest BCUT2D eigenvalue weighted by Crippen LogP contribution is -1.90. The number of benzene rings is 3. The lowest BCUT2D eigenvalue weighted by atomic mass is 9.99. The van der Waals surface area contributed by atoms with Gasteiger partial charge in [-0.25, -0.2) is 4.98 Å². The molecule has 0 amide bonds. The predicted molar refractivity (Wildman–Crippen MR) is 89.4 cm³/mol. The molecule has 0 saturated heterocycles. The van der Waals surface area contributed by atoms with Crippen molar-refractivity contribution in [1.82, 2.24) is 4.98 Å². The van der Waals surface area contributed by atoms with Gasteiger partial charge in [0.15, 0.2) is 0 Å². The third kappa shape index (κ3) is 1.92. The second-order valence-corrected chi connectivity index (χ2v) is 5.22. The minimum Gasteiger partial charge on any atom is -0.247 e. The molecule has 0 spiro atoms. The van der Waals surface area contributed by atoms with Crippen LogP contribution in [0, 0.1) is 11.3 Å². The van der Waals surface area contributed by atoms with Crippen molar-refractivity contribution in [3.63, 3.8) is 0 Å². The van der Waals surface area contributed by atoms with Crippen LogP contribution in [0.3, 0.4) is 0 Å². The molecule has 0 aliphatic carbocycles. The zero-order chi connectivity index (χ0) is 14.9. The van der Waals surface area contributed by atoms with Crippen molar-refractivity contribution in [3.8, 4) is 17.3 Å². The van der Waals surface area contributed by atoms with Gasteiger partial charge in [-0.3, -0.25) is 0 Å². The molecule has 0 saturated carbocycles. The van der Waals surface area contributed by atoms with E-state index in [0.717, 1.165) is 32.9 Å². The maximum atomic E-state index is 9.13. The van der Waals surface area contributed by atoms with E-state index in [9.17, 15) is 0 Å². The predicted octanol–water partition coefficient (Wildman–Crippen LogP) is 4.93. The number of nitrogens with zero attached hydrogens (tertiary/aromatic N) is 2. The van der Waals surface area contributed by atoms with Crippen molar-refractivity contribution < 1.29 is 0 Å². The van der Waals surface area contributed by atoms with Crippen molar-refractivity contribution in [2.24, 2.45) is 0 Å². The van der Waals surface area contributed by atoms with Crippen LogP contribution in [0.4, 0.5) is 0 Å². The topological polar surface area (TPSA) is 36.7 Å². The maximum Gasteiger partial charge on any atom is 0.0991 e. The first kappa shape index (κ1) is 12.6. The van der Waals surface area contributed by atoms with Crippen LogP contribution in [0.5, 0.6) is 0 Å². The van der Waals surface area contributed by atoms with E-state index in [-0.39, 0.29) is 0 Å². The normalized spacial score (nSPS) is 10.7. The summed E-state index contributed by atoms with van der Waals surface area (Å²) < 4.78 is 0. The van der Waals surface area contributed by atoms with Crippen LogP contribution in [-0.4, -0.2) is 4.98 Å². The molecule has 0 fully saturated rings. The highest BCUT2D eigenvalue weighted by Crippen LogP contribution is 2.32. The fourth-order valence-electron chi connectivity index (χ4n) is 2.84. The van der Waals surface area contributed by atoms with Gasteiger partial charge < -0.3 is 0 Å². The Labute approximate surface area is 128 Å². The number of aromatic nitrogens is 1. The van der Waals surface area contributed by atoms with Crippen LogP contribution in [0.2, 0.25) is 0 Å². The largest absolute Gasteiger partial charge is 0.247 e. The highest BCUT2D eigenvalue weighted by molar-refractivity contribution is 6.11. The Morgan fingerprint density at radius 3 is 2.23 bits per heavy atom. The molecule has 3 aromatic carbocycles. The molecule has 2 heteroatoms. The molecule has 0 aliphatic rings. The van der Waals surface area contributed by atoms with E-state index in [1.807, 2.05) is 48.5 Å². The maximum absolute atomic E-state index is 9.13. The fourth-order valence-corrected chi connectivity index (χ4v) is 2.84. The van der Waals surface area contributed by atoms with E-state index in [0.29, 0.717) is 5.56 Å². The van der Waals surface area contributed by atoms with Gasteiger partial charge in [0.05, 0.1) is 22.8 Å². The Bertz CT molecular complexity index is 1030. The highest BCUT2D eigenvalue weighted by atomic mass is 14.7. The molecule has 2 nitrogen and oxygen atoms in total. The SMILES string of the molecule is N#Cc1ccc2nc(-c3ccccc3)c3ccccc3c2c1. The summed E-state index contributed by atoms with van der Waals surface area (Å²) in [5, 5.41) is 12.4. The van der Waals surface area contributed by atoms with Crippen LogP contribution in [-0.2, 0) is 0 Å². The van der Waals surface area contributed by atoms with Crippen LogP contribution in [0.1, 0.15) is 5.56 Å². The van der Waals surface area contributed by atoms with E-state index in [2.05, 4.69) is 30.3 Å². The van der Waals surface area contributed by atoms with Gasteiger partial charge >= 0.3 is 0 Å². The Morgan fingerprint density at radius 2 is 1.45 bits per heavy atom. The molecule has 0 atom stereocenters. The van der Waals surface area contributed by atoms with Gasteiger partial charge in [0, 0.05) is 16.3 Å². The van der Waals surface area contributed by atoms with Crippen molar-refractivity contribution in [3.05, 3.63) is 78.4 Å². The molecule has 0 N–H and O–H groups in total. The molecule has 4 rings (SSSR count). The molecule has 4 aromatic rings. The van der Waals surface area contributed by atoms with Crippen LogP contribution in [0.15, 0.2) is 72.8 Å². The summed E-state index contributed by atoms with van der Waals surface area (Å²) in [5.41, 5.74) is 3.65. The number of fused-ring (bicyclic) bond motifs is 3. The first-order chi connectivity index (χ1) is 10.9. The fraction of sp³-hybridized carbons (Fsp3) is 0. The lowest BCUT2D eigenvalue weighted by molar-refractivity contribution is 1.42. The van der Waals surface area contributed by atoms with Crippen LogP contribution in [0.25, 0.3) is 32.9 Å². The van der Waals surface area contributed by atoms with E-state index in [4.69, 9.17) is 10.2 Å². The zero-order valence-electron chi connectivity index (χ0n) is 11.8. The first-order valence-electron chi connectivity index (χ1n) is 7.15. The second-order valence-electron chi connectivity index (χ2n) is 5.22. The smallest absolute Gasteiger partial charge is 0.0991 e. The van der Waals surface area contributed by atoms with Gasteiger partial charge in [-0.15, -0.1) is 0 Å². The van der Waals surface area contributed by atoms with E-state index < -0.39 is 0 Å². The summed E-state index contributed by atoms with van der Waals surface area (Å²) in [6.45, 7) is 0. The summed E-state index contributed by atoms with van der Waals surface area (Å²) in [5.74, 6) is 0. The Kier molecular flexibility index (Phi) is 2.84. The summed E-state index contributed by atoms with van der Waals surface area (Å²) >= 11 is 0. The molecule has 0 bridgehead atoms. The third-order valence-corrected chi connectivity index (χ3v) is 3.88. The minimum atomic E-state index is 0.659. The summed E-state index contributed by atoms with van der Waals surface area (Å²) in [4.78, 5) is 4.84. The molecule has 0 aliphatic heterocycles. The Hall–Kier alpha value is -3.18. The van der Waals surface area contributed by atoms with E-state index in [1.54, 1.807) is 0 Å². The molecule has 1 heterocycles. The van der Waals surface area contributed by atoms with Gasteiger partial charge in [-0.1, -0.05) is 54.6 Å². The minimum absolute atomic E-state index is 0.659. The molecule has 0 unspecified atom stereocenters. The molecule has 0 radical (unpaired) electrons. The van der Waals surface area contributed by atoms with E-state index in [1.165, 1.54) is 0 Å². The van der Waals surface area contributed by atoms with Gasteiger partial charge in [-0.05, 0) is 23.6 Å². The van der Waals surface area contributed by atoms with E-state index >= 15 is 0 Å². The molecule has 22 heavy (non-hydrogen) atoms. The highest BCUT2D eigenvalue weighted by Gasteiger charge is 2.10. The molecular weight excluding hydrogens is 268 g/mol. The van der Waals surface area contributed by atoms with Crippen LogP contribution >= 0.6 is 0 Å². The van der Waals surface area contributed by atoms with Crippen molar-refractivity contribution in [1.29, 1.82) is 5.26 Å². The number of hydrogen-bond acceptors (Lipinski definition) is 2. The number of hydrogen-bond donors (Lipinski definition) is 0. The number of nitriles is 1. The first-order valence-corrected chi connectivity index (χ1v) is 7.15. The average molecular weight is 280 g/mol. The van der Waals surface area contributed by atoms with Crippen molar-refractivity contribution in [2.45, 2.75) is 0 Å². The van der Waals surface area contributed by atoms with Gasteiger partial charge in [-0.2, -0.15) is 5.26 Å². The third-order valence-electron chi connectivity index (χ3n) is 3.88.